The summed E-state index contributed by atoms with van der Waals surface area (Å²) in [5.41, 5.74) is 1.37. The van der Waals surface area contributed by atoms with E-state index in [1.807, 2.05) is 36.9 Å². The minimum absolute atomic E-state index is 0.323. The van der Waals surface area contributed by atoms with Gasteiger partial charge in [0.1, 0.15) is 5.56 Å². The number of hydrogen-bond donors (Lipinski definition) is 0. The van der Waals surface area contributed by atoms with E-state index in [1.54, 1.807) is 17.1 Å². The predicted octanol–water partition coefficient (Wildman–Crippen LogP) is 1.99. The lowest BCUT2D eigenvalue weighted by molar-refractivity contribution is 0.0524. The maximum Gasteiger partial charge on any atom is 0.341 e. The summed E-state index contributed by atoms with van der Waals surface area (Å²) in [5.74, 6) is 2.62. The molecule has 0 atom stereocenters. The molecule has 0 radical (unpaired) electrons. The first kappa shape index (κ1) is 16.0. The third kappa shape index (κ3) is 3.73. The van der Waals surface area contributed by atoms with E-state index in [0.717, 1.165) is 30.3 Å². The lowest BCUT2D eigenvalue weighted by atomic mass is 10.2. The Balaban J connectivity index is 1.94. The lowest BCUT2D eigenvalue weighted by Crippen LogP contribution is -2.33. The molecule has 0 aliphatic carbocycles. The first-order chi connectivity index (χ1) is 11.3. The van der Waals surface area contributed by atoms with Crippen LogP contribution in [0.1, 0.15) is 23.0 Å². The van der Waals surface area contributed by atoms with Crippen molar-refractivity contribution in [3.05, 3.63) is 41.9 Å². The molecule has 2 aromatic rings. The second-order valence-electron chi connectivity index (χ2n) is 5.21. The summed E-state index contributed by atoms with van der Waals surface area (Å²) >= 11 is 1.96. The fourth-order valence-electron chi connectivity index (χ4n) is 2.55. The van der Waals surface area contributed by atoms with Gasteiger partial charge in [0.2, 0.25) is 0 Å². The van der Waals surface area contributed by atoms with Crippen LogP contribution in [0.15, 0.2) is 30.6 Å². The molecule has 0 amide bonds. The number of thioether (sulfide) groups is 1. The highest BCUT2D eigenvalue weighted by Crippen LogP contribution is 2.19. The highest BCUT2D eigenvalue weighted by molar-refractivity contribution is 7.99. The molecule has 122 valence electrons. The summed E-state index contributed by atoms with van der Waals surface area (Å²) in [6.07, 6.45) is 3.31. The van der Waals surface area contributed by atoms with Crippen LogP contribution in [-0.2, 0) is 11.3 Å². The van der Waals surface area contributed by atoms with Crippen LogP contribution in [0.25, 0.3) is 5.82 Å². The van der Waals surface area contributed by atoms with Gasteiger partial charge in [-0.3, -0.25) is 4.90 Å². The zero-order chi connectivity index (χ0) is 16.1. The smallest absolute Gasteiger partial charge is 0.341 e. The second kappa shape index (κ2) is 7.61. The Morgan fingerprint density at radius 1 is 1.35 bits per heavy atom. The topological polar surface area (TPSA) is 60.2 Å². The zero-order valence-corrected chi connectivity index (χ0v) is 14.0. The molecule has 0 aromatic carbocycles. The lowest BCUT2D eigenvalue weighted by Gasteiger charge is -2.26. The Bertz CT molecular complexity index is 653. The molecule has 1 fully saturated rings. The van der Waals surface area contributed by atoms with Crippen LogP contribution >= 0.6 is 11.8 Å². The molecule has 23 heavy (non-hydrogen) atoms. The van der Waals surface area contributed by atoms with Crippen molar-refractivity contribution in [1.82, 2.24) is 19.7 Å². The summed E-state index contributed by atoms with van der Waals surface area (Å²) in [7, 11) is 0. The number of carbonyl (C=O) groups excluding carboxylic acids is 1. The van der Waals surface area contributed by atoms with E-state index in [2.05, 4.69) is 15.0 Å². The Morgan fingerprint density at radius 3 is 2.87 bits per heavy atom. The quantitative estimate of drug-likeness (QED) is 0.781. The fourth-order valence-corrected chi connectivity index (χ4v) is 3.53. The summed E-state index contributed by atoms with van der Waals surface area (Å²) in [5, 5.41) is 4.38. The monoisotopic (exact) mass is 332 g/mol. The van der Waals surface area contributed by atoms with Gasteiger partial charge in [-0.2, -0.15) is 16.9 Å². The summed E-state index contributed by atoms with van der Waals surface area (Å²) in [6.45, 7) is 4.86. The van der Waals surface area contributed by atoms with Crippen LogP contribution in [0.4, 0.5) is 0 Å². The third-order valence-electron chi connectivity index (χ3n) is 3.71. The number of aromatic nitrogens is 3. The average molecular weight is 332 g/mol. The maximum atomic E-state index is 12.2. The first-order valence-corrected chi connectivity index (χ1v) is 8.90. The summed E-state index contributed by atoms with van der Waals surface area (Å²) in [4.78, 5) is 18.9. The van der Waals surface area contributed by atoms with E-state index in [0.29, 0.717) is 24.5 Å². The molecule has 0 saturated carbocycles. The maximum absolute atomic E-state index is 12.2. The van der Waals surface area contributed by atoms with Crippen LogP contribution < -0.4 is 0 Å². The van der Waals surface area contributed by atoms with Crippen molar-refractivity contribution in [3.63, 3.8) is 0 Å². The second-order valence-corrected chi connectivity index (χ2v) is 6.44. The molecule has 0 N–H and O–H groups in total. The molecular formula is C16H20N4O2S. The molecular weight excluding hydrogens is 312 g/mol. The SMILES string of the molecule is CCOC(=O)c1cnn(-c2ccccn2)c1CN1CCSCC1. The normalized spacial score (nSPS) is 15.5. The van der Waals surface area contributed by atoms with Gasteiger partial charge >= 0.3 is 5.97 Å². The predicted molar refractivity (Wildman–Crippen MR) is 89.9 cm³/mol. The molecule has 1 aliphatic rings. The molecule has 0 bridgehead atoms. The number of esters is 1. The Morgan fingerprint density at radius 2 is 2.17 bits per heavy atom. The van der Waals surface area contributed by atoms with Gasteiger partial charge in [-0.15, -0.1) is 0 Å². The van der Waals surface area contributed by atoms with Crippen LogP contribution in [0, 0.1) is 0 Å². The Kier molecular flexibility index (Phi) is 5.30. The number of hydrogen-bond acceptors (Lipinski definition) is 6. The molecule has 2 aromatic heterocycles. The molecule has 1 saturated heterocycles. The fraction of sp³-hybridized carbons (Fsp3) is 0.438. The minimum Gasteiger partial charge on any atom is -0.462 e. The first-order valence-electron chi connectivity index (χ1n) is 7.75. The van der Waals surface area contributed by atoms with E-state index >= 15 is 0 Å². The number of carbonyl (C=O) groups is 1. The Labute approximate surface area is 139 Å². The van der Waals surface area contributed by atoms with E-state index in [4.69, 9.17) is 4.74 Å². The molecule has 0 spiro atoms. The van der Waals surface area contributed by atoms with Gasteiger partial charge in [0.05, 0.1) is 18.5 Å². The van der Waals surface area contributed by atoms with Crippen molar-refractivity contribution in [3.8, 4) is 5.82 Å². The number of pyridine rings is 1. The zero-order valence-electron chi connectivity index (χ0n) is 13.1. The van der Waals surface area contributed by atoms with Gasteiger partial charge in [-0.25, -0.2) is 14.5 Å². The van der Waals surface area contributed by atoms with Gasteiger partial charge in [-0.1, -0.05) is 6.07 Å². The summed E-state index contributed by atoms with van der Waals surface area (Å²) < 4.78 is 6.92. The number of ether oxygens (including phenoxy) is 1. The molecule has 3 heterocycles. The van der Waals surface area contributed by atoms with E-state index < -0.39 is 0 Å². The molecule has 6 nitrogen and oxygen atoms in total. The molecule has 1 aliphatic heterocycles. The van der Waals surface area contributed by atoms with Gasteiger partial charge in [0.15, 0.2) is 5.82 Å². The number of rotatable bonds is 5. The van der Waals surface area contributed by atoms with Crippen molar-refractivity contribution in [2.75, 3.05) is 31.2 Å². The van der Waals surface area contributed by atoms with E-state index in [9.17, 15) is 4.79 Å². The van der Waals surface area contributed by atoms with Crippen molar-refractivity contribution < 1.29 is 9.53 Å². The Hall–Kier alpha value is -1.86. The molecule has 7 heteroatoms. The van der Waals surface area contributed by atoms with Gasteiger partial charge in [0.25, 0.3) is 0 Å². The van der Waals surface area contributed by atoms with E-state index in [-0.39, 0.29) is 5.97 Å². The van der Waals surface area contributed by atoms with Crippen molar-refractivity contribution in [1.29, 1.82) is 0 Å². The van der Waals surface area contributed by atoms with Crippen LogP contribution in [0.2, 0.25) is 0 Å². The highest BCUT2D eigenvalue weighted by Gasteiger charge is 2.22. The van der Waals surface area contributed by atoms with Crippen molar-refractivity contribution in [2.45, 2.75) is 13.5 Å². The number of nitrogens with zero attached hydrogens (tertiary/aromatic N) is 4. The van der Waals surface area contributed by atoms with Crippen LogP contribution in [0.3, 0.4) is 0 Å². The highest BCUT2D eigenvalue weighted by atomic mass is 32.2. The third-order valence-corrected chi connectivity index (χ3v) is 4.65. The van der Waals surface area contributed by atoms with Crippen molar-refractivity contribution in [2.24, 2.45) is 0 Å². The van der Waals surface area contributed by atoms with Crippen LogP contribution in [0.5, 0.6) is 0 Å². The standard InChI is InChI=1S/C16H20N4O2S/c1-2-22-16(21)13-11-18-20(15-5-3-4-6-17-15)14(13)12-19-7-9-23-10-8-19/h3-6,11H,2,7-10,12H2,1H3. The van der Waals surface area contributed by atoms with Gasteiger partial charge < -0.3 is 4.74 Å². The van der Waals surface area contributed by atoms with Gasteiger partial charge in [0, 0.05) is 37.3 Å². The van der Waals surface area contributed by atoms with E-state index in [1.165, 1.54) is 0 Å². The average Bonchev–Trinajstić information content (AvgIpc) is 3.00. The minimum atomic E-state index is -0.323. The molecule has 3 rings (SSSR count). The summed E-state index contributed by atoms with van der Waals surface area (Å²) in [6, 6.07) is 5.66. The largest absolute Gasteiger partial charge is 0.462 e. The molecule has 0 unspecified atom stereocenters. The van der Waals surface area contributed by atoms with Crippen molar-refractivity contribution >= 4 is 17.7 Å². The van der Waals surface area contributed by atoms with Gasteiger partial charge in [-0.05, 0) is 19.1 Å². The van der Waals surface area contributed by atoms with Crippen LogP contribution in [-0.4, -0.2) is 56.8 Å².